The molecular weight excluding hydrogens is 116 g/mol. The first-order chi connectivity index (χ1) is 4.33. The van der Waals surface area contributed by atoms with Crippen molar-refractivity contribution >= 4 is 0 Å². The Morgan fingerprint density at radius 1 is 1.67 bits per heavy atom. The van der Waals surface area contributed by atoms with Crippen LogP contribution in [0.15, 0.2) is 5.29 Å². The van der Waals surface area contributed by atoms with E-state index in [1.165, 1.54) is 6.42 Å². The van der Waals surface area contributed by atoms with Crippen molar-refractivity contribution < 1.29 is 0 Å². The summed E-state index contributed by atoms with van der Waals surface area (Å²) in [6.07, 6.45) is 2.36. The van der Waals surface area contributed by atoms with E-state index < -0.39 is 0 Å². The minimum absolute atomic E-state index is 0.649. The maximum Gasteiger partial charge on any atom is 0.0524 e. The third-order valence-corrected chi connectivity index (χ3v) is 1.75. The van der Waals surface area contributed by atoms with Gasteiger partial charge < -0.3 is 0 Å². The number of nitroso groups, excluding NO2 is 1. The zero-order chi connectivity index (χ0) is 6.69. The topological polar surface area (TPSA) is 32.7 Å². The van der Waals surface area contributed by atoms with Crippen LogP contribution in [0, 0.1) is 10.8 Å². The van der Waals surface area contributed by atoms with Gasteiger partial charge in [0.25, 0.3) is 0 Å². The van der Waals surface area contributed by atoms with Crippen LogP contribution in [0.2, 0.25) is 0 Å². The average molecular weight is 128 g/mol. The van der Waals surface area contributed by atoms with Crippen molar-refractivity contribution in [2.75, 3.05) is 13.1 Å². The van der Waals surface area contributed by atoms with E-state index in [1.54, 1.807) is 5.01 Å². The maximum absolute atomic E-state index is 9.98. The van der Waals surface area contributed by atoms with Crippen molar-refractivity contribution in [1.82, 2.24) is 5.01 Å². The summed E-state index contributed by atoms with van der Waals surface area (Å²) in [7, 11) is 0. The van der Waals surface area contributed by atoms with Crippen molar-refractivity contribution in [2.24, 2.45) is 11.2 Å². The Balaban J connectivity index is 2.31. The van der Waals surface area contributed by atoms with E-state index in [1.807, 2.05) is 0 Å². The van der Waals surface area contributed by atoms with Crippen LogP contribution in [-0.2, 0) is 0 Å². The van der Waals surface area contributed by atoms with Crippen LogP contribution in [0.1, 0.15) is 19.8 Å². The van der Waals surface area contributed by atoms with E-state index in [4.69, 9.17) is 0 Å². The molecule has 0 aromatic heterocycles. The van der Waals surface area contributed by atoms with Gasteiger partial charge in [-0.3, -0.25) is 5.01 Å². The summed E-state index contributed by atoms with van der Waals surface area (Å²) in [4.78, 5) is 9.98. The van der Waals surface area contributed by atoms with E-state index in [0.717, 1.165) is 19.5 Å². The molecule has 0 radical (unpaired) electrons. The zero-order valence-corrected chi connectivity index (χ0v) is 5.71. The predicted octanol–water partition coefficient (Wildman–Crippen LogP) is 1.40. The second-order valence-corrected chi connectivity index (χ2v) is 2.74. The largest absolute Gasteiger partial charge is 0.261 e. The van der Waals surface area contributed by atoms with Crippen LogP contribution in [-0.4, -0.2) is 18.1 Å². The fraction of sp³-hybridized carbons (Fsp3) is 1.00. The number of hydrogen-bond donors (Lipinski definition) is 0. The summed E-state index contributed by atoms with van der Waals surface area (Å²) in [5.41, 5.74) is 0. The van der Waals surface area contributed by atoms with Crippen molar-refractivity contribution in [3.05, 3.63) is 4.91 Å². The molecule has 0 amide bonds. The molecule has 3 nitrogen and oxygen atoms in total. The van der Waals surface area contributed by atoms with E-state index in [9.17, 15) is 4.91 Å². The molecule has 0 spiro atoms. The Labute approximate surface area is 55.0 Å². The molecule has 3 heteroatoms. The molecule has 1 aliphatic rings. The molecule has 1 rings (SSSR count). The SMILES string of the molecule is CC1CCCN(N=O)C1. The van der Waals surface area contributed by atoms with E-state index in [-0.39, 0.29) is 0 Å². The summed E-state index contributed by atoms with van der Waals surface area (Å²) in [5, 5.41) is 4.49. The first kappa shape index (κ1) is 6.52. The predicted molar refractivity (Wildman–Crippen MR) is 35.8 cm³/mol. The molecule has 0 bridgehead atoms. The van der Waals surface area contributed by atoms with Crippen LogP contribution < -0.4 is 0 Å². The molecule has 1 fully saturated rings. The highest BCUT2D eigenvalue weighted by Gasteiger charge is 2.14. The Kier molecular flexibility index (Phi) is 2.03. The minimum Gasteiger partial charge on any atom is -0.261 e. The highest BCUT2D eigenvalue weighted by atomic mass is 16.3. The molecule has 0 aromatic carbocycles. The molecule has 1 heterocycles. The van der Waals surface area contributed by atoms with Crippen molar-refractivity contribution in [1.29, 1.82) is 0 Å². The van der Waals surface area contributed by atoms with Crippen LogP contribution in [0.3, 0.4) is 0 Å². The summed E-state index contributed by atoms with van der Waals surface area (Å²) in [5.74, 6) is 0.649. The first-order valence-electron chi connectivity index (χ1n) is 3.41. The smallest absolute Gasteiger partial charge is 0.0524 e. The highest BCUT2D eigenvalue weighted by molar-refractivity contribution is 4.65. The molecule has 52 valence electrons. The van der Waals surface area contributed by atoms with Gasteiger partial charge in [0.1, 0.15) is 0 Å². The standard InChI is InChI=1S/C6H12N2O/c1-6-3-2-4-8(5-6)7-9/h6H,2-5H2,1H3. The van der Waals surface area contributed by atoms with Crippen LogP contribution >= 0.6 is 0 Å². The fourth-order valence-electron chi connectivity index (χ4n) is 1.24. The molecule has 9 heavy (non-hydrogen) atoms. The number of rotatable bonds is 1. The van der Waals surface area contributed by atoms with E-state index in [2.05, 4.69) is 12.2 Å². The normalized spacial score (nSPS) is 28.1. The van der Waals surface area contributed by atoms with Gasteiger partial charge in [0.05, 0.1) is 5.29 Å². The molecule has 0 N–H and O–H groups in total. The monoisotopic (exact) mass is 128 g/mol. The summed E-state index contributed by atoms with van der Waals surface area (Å²) >= 11 is 0. The molecule has 1 aliphatic heterocycles. The molecule has 0 saturated carbocycles. The Morgan fingerprint density at radius 2 is 2.44 bits per heavy atom. The Morgan fingerprint density at radius 3 is 2.89 bits per heavy atom. The lowest BCUT2D eigenvalue weighted by Crippen LogP contribution is -2.29. The van der Waals surface area contributed by atoms with Crippen LogP contribution in [0.4, 0.5) is 0 Å². The van der Waals surface area contributed by atoms with Gasteiger partial charge in [-0.15, -0.1) is 4.91 Å². The van der Waals surface area contributed by atoms with Gasteiger partial charge in [-0.2, -0.15) is 0 Å². The molecule has 0 aromatic rings. The molecule has 1 saturated heterocycles. The molecule has 1 atom stereocenters. The summed E-state index contributed by atoms with van der Waals surface area (Å²) in [6, 6.07) is 0. The van der Waals surface area contributed by atoms with Gasteiger partial charge in [0.15, 0.2) is 0 Å². The summed E-state index contributed by atoms with van der Waals surface area (Å²) < 4.78 is 0. The third-order valence-electron chi connectivity index (χ3n) is 1.75. The van der Waals surface area contributed by atoms with Gasteiger partial charge in [-0.25, -0.2) is 0 Å². The first-order valence-corrected chi connectivity index (χ1v) is 3.41. The maximum atomic E-state index is 9.98. The Bertz CT molecular complexity index is 105. The lowest BCUT2D eigenvalue weighted by atomic mass is 10.0. The van der Waals surface area contributed by atoms with Crippen molar-refractivity contribution in [3.63, 3.8) is 0 Å². The minimum atomic E-state index is 0.649. The van der Waals surface area contributed by atoms with Crippen molar-refractivity contribution in [2.45, 2.75) is 19.8 Å². The van der Waals surface area contributed by atoms with E-state index in [0.29, 0.717) is 5.92 Å². The van der Waals surface area contributed by atoms with Gasteiger partial charge >= 0.3 is 0 Å². The molecule has 1 unspecified atom stereocenters. The average Bonchev–Trinajstić information content (AvgIpc) is 1.88. The second kappa shape index (κ2) is 2.80. The zero-order valence-electron chi connectivity index (χ0n) is 5.71. The highest BCUT2D eigenvalue weighted by Crippen LogP contribution is 2.14. The number of piperidine rings is 1. The third kappa shape index (κ3) is 1.66. The quantitative estimate of drug-likeness (QED) is 0.500. The van der Waals surface area contributed by atoms with Crippen LogP contribution in [0.25, 0.3) is 0 Å². The number of nitrogens with zero attached hydrogens (tertiary/aromatic N) is 2. The second-order valence-electron chi connectivity index (χ2n) is 2.74. The lowest BCUT2D eigenvalue weighted by Gasteiger charge is -2.25. The molecular formula is C6H12N2O. The number of hydrogen-bond acceptors (Lipinski definition) is 2. The molecule has 0 aliphatic carbocycles. The van der Waals surface area contributed by atoms with E-state index >= 15 is 0 Å². The van der Waals surface area contributed by atoms with Crippen LogP contribution in [0.5, 0.6) is 0 Å². The van der Waals surface area contributed by atoms with Gasteiger partial charge in [0.2, 0.25) is 0 Å². The van der Waals surface area contributed by atoms with Gasteiger partial charge in [-0.05, 0) is 18.8 Å². The van der Waals surface area contributed by atoms with Crippen molar-refractivity contribution in [3.8, 4) is 0 Å². The van der Waals surface area contributed by atoms with Gasteiger partial charge in [-0.1, -0.05) is 6.92 Å². The van der Waals surface area contributed by atoms with Gasteiger partial charge in [0, 0.05) is 13.1 Å². The summed E-state index contributed by atoms with van der Waals surface area (Å²) in [6.45, 7) is 3.86. The lowest BCUT2D eigenvalue weighted by molar-refractivity contribution is 0.188. The Hall–Kier alpha value is -0.600. The fourth-order valence-corrected chi connectivity index (χ4v) is 1.24.